The highest BCUT2D eigenvalue weighted by molar-refractivity contribution is 9.10. The lowest BCUT2D eigenvalue weighted by molar-refractivity contribution is 0.334. The molecule has 80 valence electrons. The summed E-state index contributed by atoms with van der Waals surface area (Å²) in [7, 11) is 5.82. The molecule has 0 aromatic carbocycles. The van der Waals surface area contributed by atoms with Crippen LogP contribution in [0.4, 0.5) is 0 Å². The first kappa shape index (κ1) is 11.6. The van der Waals surface area contributed by atoms with Crippen LogP contribution in [0.15, 0.2) is 4.60 Å². The van der Waals surface area contributed by atoms with Crippen LogP contribution < -0.4 is 11.3 Å². The van der Waals surface area contributed by atoms with Crippen molar-refractivity contribution in [2.24, 2.45) is 12.9 Å². The summed E-state index contributed by atoms with van der Waals surface area (Å²) in [4.78, 5) is 2.05. The van der Waals surface area contributed by atoms with Crippen LogP contribution in [0.3, 0.4) is 0 Å². The highest BCUT2D eigenvalue weighted by atomic mass is 79.9. The Morgan fingerprint density at radius 1 is 1.64 bits per heavy atom. The van der Waals surface area contributed by atoms with Crippen molar-refractivity contribution in [3.05, 3.63) is 10.3 Å². The predicted octanol–water partition coefficient (Wildman–Crippen LogP) is -0.356. The number of nitrogens with one attached hydrogen (secondary N) is 1. The summed E-state index contributed by atoms with van der Waals surface area (Å²) in [6, 6.07) is 0.0133. The molecule has 0 spiro atoms. The van der Waals surface area contributed by atoms with Gasteiger partial charge in [-0.3, -0.25) is 11.3 Å². The van der Waals surface area contributed by atoms with Crippen LogP contribution in [-0.4, -0.2) is 40.5 Å². The van der Waals surface area contributed by atoms with Gasteiger partial charge in [0, 0.05) is 13.6 Å². The van der Waals surface area contributed by atoms with E-state index in [1.807, 2.05) is 26.0 Å². The zero-order valence-corrected chi connectivity index (χ0v) is 10.1. The Hall–Kier alpha value is -0.500. The monoisotopic (exact) mass is 262 g/mol. The quantitative estimate of drug-likeness (QED) is 0.573. The molecule has 6 nitrogen and oxygen atoms in total. The number of hydrogen-bond donors (Lipinski definition) is 2. The summed E-state index contributed by atoms with van der Waals surface area (Å²) < 4.78 is 2.43. The zero-order valence-electron chi connectivity index (χ0n) is 8.53. The zero-order chi connectivity index (χ0) is 10.7. The van der Waals surface area contributed by atoms with Gasteiger partial charge < -0.3 is 4.90 Å². The minimum Gasteiger partial charge on any atom is -0.307 e. The average Bonchev–Trinajstić information content (AvgIpc) is 2.43. The Kier molecular flexibility index (Phi) is 3.99. The van der Waals surface area contributed by atoms with E-state index in [1.54, 1.807) is 4.68 Å². The molecular formula is C7H15BrN6. The maximum absolute atomic E-state index is 5.48. The topological polar surface area (TPSA) is 72.0 Å². The Labute approximate surface area is 91.5 Å². The third-order valence-electron chi connectivity index (χ3n) is 1.91. The summed E-state index contributed by atoms with van der Waals surface area (Å²) >= 11 is 3.34. The summed E-state index contributed by atoms with van der Waals surface area (Å²) in [6.07, 6.45) is 0. The van der Waals surface area contributed by atoms with Gasteiger partial charge in [-0.25, -0.2) is 4.68 Å². The summed E-state index contributed by atoms with van der Waals surface area (Å²) in [6.45, 7) is 0.788. The van der Waals surface area contributed by atoms with Crippen molar-refractivity contribution in [3.63, 3.8) is 0 Å². The first-order valence-corrected chi connectivity index (χ1v) is 5.01. The van der Waals surface area contributed by atoms with E-state index in [0.717, 1.165) is 16.8 Å². The second kappa shape index (κ2) is 4.83. The van der Waals surface area contributed by atoms with E-state index in [9.17, 15) is 0 Å². The largest absolute Gasteiger partial charge is 0.307 e. The number of aromatic nitrogens is 3. The SMILES string of the molecule is CN(C)CC(NN)c1c(Br)nnn1C. The number of nitrogens with two attached hydrogens (primary N) is 1. The van der Waals surface area contributed by atoms with Gasteiger partial charge >= 0.3 is 0 Å². The molecule has 0 aliphatic rings. The molecule has 1 aromatic heterocycles. The van der Waals surface area contributed by atoms with Crippen LogP contribution in [0.25, 0.3) is 0 Å². The molecule has 1 atom stereocenters. The highest BCUT2D eigenvalue weighted by Crippen LogP contribution is 2.19. The normalized spacial score (nSPS) is 13.6. The standard InChI is InChI=1S/C7H15BrN6/c1-13(2)4-5(10-9)6-7(8)11-12-14(6)3/h5,10H,4,9H2,1-3H3. The number of hydrazine groups is 1. The fourth-order valence-corrected chi connectivity index (χ4v) is 1.90. The molecule has 0 amide bonds. The Morgan fingerprint density at radius 2 is 2.29 bits per heavy atom. The van der Waals surface area contributed by atoms with E-state index in [-0.39, 0.29) is 6.04 Å². The van der Waals surface area contributed by atoms with Crippen LogP contribution in [0.5, 0.6) is 0 Å². The molecule has 1 aromatic rings. The molecule has 0 fully saturated rings. The first-order chi connectivity index (χ1) is 6.56. The summed E-state index contributed by atoms with van der Waals surface area (Å²) in [5, 5.41) is 7.81. The van der Waals surface area contributed by atoms with E-state index in [1.165, 1.54) is 0 Å². The molecule has 14 heavy (non-hydrogen) atoms. The number of rotatable bonds is 4. The number of hydrogen-bond acceptors (Lipinski definition) is 5. The lowest BCUT2D eigenvalue weighted by atomic mass is 10.2. The maximum atomic E-state index is 5.48. The van der Waals surface area contributed by atoms with E-state index in [0.29, 0.717) is 0 Å². The van der Waals surface area contributed by atoms with Crippen molar-refractivity contribution in [2.75, 3.05) is 20.6 Å². The molecule has 1 unspecified atom stereocenters. The van der Waals surface area contributed by atoms with Crippen molar-refractivity contribution in [1.82, 2.24) is 25.3 Å². The molecular weight excluding hydrogens is 248 g/mol. The van der Waals surface area contributed by atoms with Crippen LogP contribution in [0.1, 0.15) is 11.7 Å². The number of likely N-dealkylation sites (N-methyl/N-ethyl adjacent to an activating group) is 1. The lowest BCUT2D eigenvalue weighted by Gasteiger charge is -2.20. The highest BCUT2D eigenvalue weighted by Gasteiger charge is 2.19. The van der Waals surface area contributed by atoms with Gasteiger partial charge in [-0.15, -0.1) is 5.10 Å². The molecule has 0 radical (unpaired) electrons. The molecule has 3 N–H and O–H groups in total. The second-order valence-electron chi connectivity index (χ2n) is 3.37. The van der Waals surface area contributed by atoms with Gasteiger partial charge in [-0.2, -0.15) is 0 Å². The van der Waals surface area contributed by atoms with Crippen molar-refractivity contribution in [3.8, 4) is 0 Å². The van der Waals surface area contributed by atoms with Gasteiger partial charge in [0.2, 0.25) is 0 Å². The van der Waals surface area contributed by atoms with Crippen molar-refractivity contribution in [1.29, 1.82) is 0 Å². The molecule has 0 saturated heterocycles. The van der Waals surface area contributed by atoms with Gasteiger partial charge in [0.1, 0.15) is 0 Å². The molecule has 0 saturated carbocycles. The van der Waals surface area contributed by atoms with Crippen molar-refractivity contribution >= 4 is 15.9 Å². The third kappa shape index (κ3) is 2.50. The molecule has 0 aliphatic heterocycles. The number of aryl methyl sites for hydroxylation is 1. The second-order valence-corrected chi connectivity index (χ2v) is 4.12. The van der Waals surface area contributed by atoms with E-state index in [4.69, 9.17) is 5.84 Å². The summed E-state index contributed by atoms with van der Waals surface area (Å²) in [5.74, 6) is 5.48. The average molecular weight is 263 g/mol. The minimum atomic E-state index is 0.0133. The third-order valence-corrected chi connectivity index (χ3v) is 2.47. The molecule has 1 rings (SSSR count). The van der Waals surface area contributed by atoms with Crippen LogP contribution in [0.2, 0.25) is 0 Å². The Morgan fingerprint density at radius 3 is 2.64 bits per heavy atom. The predicted molar refractivity (Wildman–Crippen MR) is 57.3 cm³/mol. The Balaban J connectivity index is 2.88. The molecule has 0 aliphatic carbocycles. The number of nitrogens with zero attached hydrogens (tertiary/aromatic N) is 4. The van der Waals surface area contributed by atoms with Gasteiger partial charge in [-0.1, -0.05) is 5.21 Å². The van der Waals surface area contributed by atoms with Crippen LogP contribution in [0, 0.1) is 0 Å². The minimum absolute atomic E-state index is 0.0133. The van der Waals surface area contributed by atoms with E-state index < -0.39 is 0 Å². The lowest BCUT2D eigenvalue weighted by Crippen LogP contribution is -2.36. The summed E-state index contributed by atoms with van der Waals surface area (Å²) in [5.41, 5.74) is 3.69. The van der Waals surface area contributed by atoms with E-state index in [2.05, 4.69) is 31.7 Å². The molecule has 1 heterocycles. The van der Waals surface area contributed by atoms with Crippen LogP contribution in [-0.2, 0) is 7.05 Å². The first-order valence-electron chi connectivity index (χ1n) is 4.22. The Bertz CT molecular complexity index is 277. The number of halogens is 1. The fraction of sp³-hybridized carbons (Fsp3) is 0.714. The fourth-order valence-electron chi connectivity index (χ4n) is 1.29. The van der Waals surface area contributed by atoms with Gasteiger partial charge in [0.25, 0.3) is 0 Å². The van der Waals surface area contributed by atoms with Crippen molar-refractivity contribution in [2.45, 2.75) is 6.04 Å². The van der Waals surface area contributed by atoms with E-state index >= 15 is 0 Å². The van der Waals surface area contributed by atoms with Crippen LogP contribution >= 0.6 is 15.9 Å². The maximum Gasteiger partial charge on any atom is 0.153 e. The van der Waals surface area contributed by atoms with Gasteiger partial charge in [-0.05, 0) is 30.0 Å². The van der Waals surface area contributed by atoms with Gasteiger partial charge in [0.15, 0.2) is 4.60 Å². The van der Waals surface area contributed by atoms with Gasteiger partial charge in [0.05, 0.1) is 11.7 Å². The smallest absolute Gasteiger partial charge is 0.153 e. The molecule has 7 heteroatoms. The molecule has 0 bridgehead atoms. The van der Waals surface area contributed by atoms with Crippen molar-refractivity contribution < 1.29 is 0 Å².